The van der Waals surface area contributed by atoms with Crippen LogP contribution in [0.1, 0.15) is 26.7 Å². The number of rotatable bonds is 5. The largest absolute Gasteiger partial charge is 0.385 e. The van der Waals surface area contributed by atoms with Crippen LogP contribution in [0.25, 0.3) is 0 Å². The first-order chi connectivity index (χ1) is 6.53. The van der Waals surface area contributed by atoms with Gasteiger partial charge in [0.15, 0.2) is 0 Å². The predicted octanol–water partition coefficient (Wildman–Crippen LogP) is 1.08. The van der Waals surface area contributed by atoms with Crippen molar-refractivity contribution >= 4 is 0 Å². The number of methoxy groups -OCH3 is 1. The Hall–Kier alpha value is -0.120. The maximum atomic E-state index is 5.88. The van der Waals surface area contributed by atoms with Crippen molar-refractivity contribution in [2.75, 3.05) is 33.4 Å². The Morgan fingerprint density at radius 3 is 2.71 bits per heavy atom. The normalized spacial score (nSPS) is 24.4. The fourth-order valence-corrected chi connectivity index (χ4v) is 2.07. The van der Waals surface area contributed by atoms with E-state index >= 15 is 0 Å². The zero-order valence-corrected chi connectivity index (χ0v) is 9.75. The fourth-order valence-electron chi connectivity index (χ4n) is 2.07. The van der Waals surface area contributed by atoms with Crippen molar-refractivity contribution in [3.8, 4) is 0 Å². The van der Waals surface area contributed by atoms with Gasteiger partial charge >= 0.3 is 0 Å². The molecule has 1 saturated heterocycles. The lowest BCUT2D eigenvalue weighted by molar-refractivity contribution is 0.125. The van der Waals surface area contributed by atoms with E-state index in [2.05, 4.69) is 18.7 Å². The van der Waals surface area contributed by atoms with Crippen molar-refractivity contribution in [2.45, 2.75) is 32.7 Å². The molecule has 0 aromatic heterocycles. The summed E-state index contributed by atoms with van der Waals surface area (Å²) in [6, 6.07) is 0.397. The summed E-state index contributed by atoms with van der Waals surface area (Å²) in [4.78, 5) is 2.47. The van der Waals surface area contributed by atoms with E-state index in [0.717, 1.165) is 39.1 Å². The second-order valence-corrected chi connectivity index (χ2v) is 5.19. The molecule has 14 heavy (non-hydrogen) atoms. The molecule has 3 heteroatoms. The first kappa shape index (κ1) is 12.0. The van der Waals surface area contributed by atoms with Gasteiger partial charge in [-0.25, -0.2) is 0 Å². The lowest BCUT2D eigenvalue weighted by atomic mass is 9.89. The number of hydrogen-bond donors (Lipinski definition) is 1. The Morgan fingerprint density at radius 1 is 1.50 bits per heavy atom. The van der Waals surface area contributed by atoms with Crippen LogP contribution in [0.4, 0.5) is 0 Å². The molecule has 0 spiro atoms. The second kappa shape index (κ2) is 5.10. The van der Waals surface area contributed by atoms with Crippen molar-refractivity contribution in [3.05, 3.63) is 0 Å². The van der Waals surface area contributed by atoms with Crippen LogP contribution >= 0.6 is 0 Å². The minimum absolute atomic E-state index is 0.347. The first-order valence-corrected chi connectivity index (χ1v) is 5.50. The Labute approximate surface area is 87.6 Å². The Balaban J connectivity index is 2.27. The summed E-state index contributed by atoms with van der Waals surface area (Å²) in [6.45, 7) is 8.83. The molecule has 0 saturated carbocycles. The minimum atomic E-state index is 0.347. The van der Waals surface area contributed by atoms with Gasteiger partial charge in [0.1, 0.15) is 0 Å². The minimum Gasteiger partial charge on any atom is -0.385 e. The number of ether oxygens (including phenoxy) is 1. The van der Waals surface area contributed by atoms with Crippen LogP contribution in [-0.4, -0.2) is 44.3 Å². The summed E-state index contributed by atoms with van der Waals surface area (Å²) in [5.41, 5.74) is 6.23. The van der Waals surface area contributed by atoms with Gasteiger partial charge < -0.3 is 15.4 Å². The highest BCUT2D eigenvalue weighted by Gasteiger charge is 2.26. The van der Waals surface area contributed by atoms with Gasteiger partial charge in [0, 0.05) is 32.8 Å². The van der Waals surface area contributed by atoms with Gasteiger partial charge in [0.2, 0.25) is 0 Å². The molecule has 84 valence electrons. The van der Waals surface area contributed by atoms with Gasteiger partial charge in [-0.1, -0.05) is 13.8 Å². The highest BCUT2D eigenvalue weighted by molar-refractivity contribution is 4.82. The monoisotopic (exact) mass is 200 g/mol. The molecule has 1 heterocycles. The van der Waals surface area contributed by atoms with E-state index < -0.39 is 0 Å². The quantitative estimate of drug-likeness (QED) is 0.722. The summed E-state index contributed by atoms with van der Waals surface area (Å²) < 4.78 is 5.12. The topological polar surface area (TPSA) is 38.5 Å². The van der Waals surface area contributed by atoms with Crippen molar-refractivity contribution in [1.29, 1.82) is 0 Å². The molecule has 0 aliphatic carbocycles. The van der Waals surface area contributed by atoms with E-state index in [0.29, 0.717) is 11.5 Å². The van der Waals surface area contributed by atoms with E-state index in [-0.39, 0.29) is 0 Å². The average molecular weight is 200 g/mol. The number of hydrogen-bond acceptors (Lipinski definition) is 3. The third-order valence-corrected chi connectivity index (χ3v) is 2.94. The van der Waals surface area contributed by atoms with Crippen LogP contribution in [0.15, 0.2) is 0 Å². The standard InChI is InChI=1S/C11H24N2O/c1-11(2,5-7-14-3)9-13-6-4-10(12)8-13/h10H,4-9,12H2,1-3H3. The van der Waals surface area contributed by atoms with Crippen LogP contribution < -0.4 is 5.73 Å². The third kappa shape index (κ3) is 3.95. The highest BCUT2D eigenvalue weighted by atomic mass is 16.5. The van der Waals surface area contributed by atoms with Crippen LogP contribution in [0.3, 0.4) is 0 Å². The maximum Gasteiger partial charge on any atom is 0.0467 e. The van der Waals surface area contributed by atoms with Crippen molar-refractivity contribution in [2.24, 2.45) is 11.1 Å². The lowest BCUT2D eigenvalue weighted by Crippen LogP contribution is -2.35. The molecule has 0 radical (unpaired) electrons. The number of nitrogens with two attached hydrogens (primary N) is 1. The maximum absolute atomic E-state index is 5.88. The molecule has 0 aromatic rings. The first-order valence-electron chi connectivity index (χ1n) is 5.50. The molecule has 3 nitrogen and oxygen atoms in total. The summed E-state index contributed by atoms with van der Waals surface area (Å²) in [5, 5.41) is 0. The summed E-state index contributed by atoms with van der Waals surface area (Å²) in [7, 11) is 1.77. The van der Waals surface area contributed by atoms with Crippen molar-refractivity contribution < 1.29 is 4.74 Å². The fraction of sp³-hybridized carbons (Fsp3) is 1.00. The zero-order chi connectivity index (χ0) is 10.6. The third-order valence-electron chi connectivity index (χ3n) is 2.94. The van der Waals surface area contributed by atoms with Crippen LogP contribution in [0.5, 0.6) is 0 Å². The molecule has 0 bridgehead atoms. The zero-order valence-electron chi connectivity index (χ0n) is 9.75. The smallest absolute Gasteiger partial charge is 0.0467 e. The van der Waals surface area contributed by atoms with Gasteiger partial charge in [0.05, 0.1) is 0 Å². The Morgan fingerprint density at radius 2 is 2.21 bits per heavy atom. The summed E-state index contributed by atoms with van der Waals surface area (Å²) >= 11 is 0. The number of likely N-dealkylation sites (tertiary alicyclic amines) is 1. The Bertz CT molecular complexity index is 171. The molecular formula is C11H24N2O. The van der Waals surface area contributed by atoms with Crippen LogP contribution in [0, 0.1) is 5.41 Å². The summed E-state index contributed by atoms with van der Waals surface area (Å²) in [6.07, 6.45) is 2.27. The predicted molar refractivity (Wildman–Crippen MR) is 59.3 cm³/mol. The second-order valence-electron chi connectivity index (χ2n) is 5.19. The molecule has 1 unspecified atom stereocenters. The van der Waals surface area contributed by atoms with Crippen LogP contribution in [0.2, 0.25) is 0 Å². The molecule has 0 amide bonds. The van der Waals surface area contributed by atoms with Gasteiger partial charge in [0.25, 0.3) is 0 Å². The molecule has 1 aliphatic rings. The number of nitrogens with zero attached hydrogens (tertiary/aromatic N) is 1. The van der Waals surface area contributed by atoms with Gasteiger partial charge in [-0.2, -0.15) is 0 Å². The summed E-state index contributed by atoms with van der Waals surface area (Å²) in [5.74, 6) is 0. The van der Waals surface area contributed by atoms with Gasteiger partial charge in [-0.3, -0.25) is 0 Å². The Kier molecular flexibility index (Phi) is 4.35. The van der Waals surface area contributed by atoms with Gasteiger partial charge in [-0.15, -0.1) is 0 Å². The van der Waals surface area contributed by atoms with Crippen molar-refractivity contribution in [1.82, 2.24) is 4.90 Å². The van der Waals surface area contributed by atoms with Gasteiger partial charge in [-0.05, 0) is 24.8 Å². The van der Waals surface area contributed by atoms with E-state index in [4.69, 9.17) is 10.5 Å². The van der Waals surface area contributed by atoms with E-state index in [1.165, 1.54) is 0 Å². The molecule has 0 aromatic carbocycles. The molecule has 1 fully saturated rings. The SMILES string of the molecule is COCCC(C)(C)CN1CCC(N)C1. The van der Waals surface area contributed by atoms with E-state index in [1.807, 2.05) is 0 Å². The molecule has 1 aliphatic heterocycles. The molecule has 1 atom stereocenters. The molecular weight excluding hydrogens is 176 g/mol. The highest BCUT2D eigenvalue weighted by Crippen LogP contribution is 2.23. The van der Waals surface area contributed by atoms with Crippen molar-refractivity contribution in [3.63, 3.8) is 0 Å². The van der Waals surface area contributed by atoms with Crippen LogP contribution in [-0.2, 0) is 4.74 Å². The molecule has 2 N–H and O–H groups in total. The average Bonchev–Trinajstić information content (AvgIpc) is 2.47. The van der Waals surface area contributed by atoms with E-state index in [1.54, 1.807) is 7.11 Å². The lowest BCUT2D eigenvalue weighted by Gasteiger charge is -2.29. The molecule has 1 rings (SSSR count). The van der Waals surface area contributed by atoms with E-state index in [9.17, 15) is 0 Å².